The molecule has 0 N–H and O–H groups in total. The number of para-hydroxylation sites is 1. The molecule has 0 saturated carbocycles. The van der Waals surface area contributed by atoms with E-state index in [4.69, 9.17) is 16.3 Å². The Hall–Kier alpha value is -1.80. The maximum absolute atomic E-state index is 11.1. The van der Waals surface area contributed by atoms with Gasteiger partial charge in [-0.1, -0.05) is 31.2 Å². The first-order valence-electron chi connectivity index (χ1n) is 5.20. The fourth-order valence-corrected chi connectivity index (χ4v) is 1.59. The number of hydrogen-bond acceptors (Lipinski definition) is 2. The number of Topliss-reactive ketones (excluding diaryl/α,β-unsaturated/α-hetero) is 1. The highest BCUT2D eigenvalue weighted by Crippen LogP contribution is 2.28. The lowest BCUT2D eigenvalue weighted by Gasteiger charge is -2.07. The van der Waals surface area contributed by atoms with Gasteiger partial charge in [0.1, 0.15) is 11.5 Å². The van der Waals surface area contributed by atoms with Gasteiger partial charge in [-0.3, -0.25) is 4.79 Å². The zero-order chi connectivity index (χ0) is 12.3. The van der Waals surface area contributed by atoms with E-state index in [1.807, 2.05) is 12.1 Å². The number of ether oxygens (including phenoxy) is 1. The summed E-state index contributed by atoms with van der Waals surface area (Å²) in [7, 11) is 0. The van der Waals surface area contributed by atoms with Crippen molar-refractivity contribution in [3.05, 3.63) is 59.1 Å². The highest BCUT2D eigenvalue weighted by Gasteiger charge is 2.03. The Bertz CT molecular complexity index is 532. The van der Waals surface area contributed by atoms with E-state index >= 15 is 0 Å². The number of halogens is 1. The molecule has 3 heteroatoms. The van der Waals surface area contributed by atoms with Crippen LogP contribution >= 0.6 is 11.6 Å². The highest BCUT2D eigenvalue weighted by molar-refractivity contribution is 6.32. The van der Waals surface area contributed by atoms with Crippen LogP contribution in [0.25, 0.3) is 0 Å². The Morgan fingerprint density at radius 3 is 2.22 bits per heavy atom. The van der Waals surface area contributed by atoms with Crippen LogP contribution in [0.2, 0.25) is 5.02 Å². The molecule has 0 fully saturated rings. The smallest absolute Gasteiger partial charge is 0.159 e. The van der Waals surface area contributed by atoms with Crippen molar-refractivity contribution in [2.75, 3.05) is 0 Å². The number of carbonyl (C=O) groups is 1. The number of benzene rings is 2. The molecule has 2 rings (SSSR count). The van der Waals surface area contributed by atoms with Gasteiger partial charge in [-0.05, 0) is 43.3 Å². The normalized spacial score (nSPS) is 9.44. The molecule has 2 aromatic rings. The monoisotopic (exact) mass is 262 g/mol. The van der Waals surface area contributed by atoms with Gasteiger partial charge in [0.15, 0.2) is 5.78 Å². The SMILES string of the molecule is C.CC(=O)c1ccc(Oc2ccccc2Cl)cc1. The minimum atomic E-state index is 0. The fraction of sp³-hybridized carbons (Fsp3) is 0.133. The number of carbonyl (C=O) groups excluding carboxylic acids is 1. The quantitative estimate of drug-likeness (QED) is 0.730. The average Bonchev–Trinajstić information content (AvgIpc) is 2.33. The van der Waals surface area contributed by atoms with Gasteiger partial charge in [0.25, 0.3) is 0 Å². The lowest BCUT2D eigenvalue weighted by Crippen LogP contribution is -1.91. The minimum Gasteiger partial charge on any atom is -0.456 e. The second kappa shape index (κ2) is 6.22. The van der Waals surface area contributed by atoms with Crippen molar-refractivity contribution in [2.24, 2.45) is 0 Å². The maximum atomic E-state index is 11.1. The molecular weight excluding hydrogens is 248 g/mol. The van der Waals surface area contributed by atoms with Crippen molar-refractivity contribution in [1.29, 1.82) is 0 Å². The average molecular weight is 263 g/mol. The van der Waals surface area contributed by atoms with Crippen molar-refractivity contribution in [3.63, 3.8) is 0 Å². The zero-order valence-corrected chi connectivity index (χ0v) is 10.1. The van der Waals surface area contributed by atoms with Crippen LogP contribution in [0.4, 0.5) is 0 Å². The maximum Gasteiger partial charge on any atom is 0.159 e. The van der Waals surface area contributed by atoms with E-state index in [-0.39, 0.29) is 13.2 Å². The van der Waals surface area contributed by atoms with Gasteiger partial charge in [0.05, 0.1) is 5.02 Å². The number of rotatable bonds is 3. The van der Waals surface area contributed by atoms with Gasteiger partial charge >= 0.3 is 0 Å². The molecule has 2 aromatic carbocycles. The molecule has 0 aliphatic heterocycles. The van der Waals surface area contributed by atoms with Gasteiger partial charge in [0.2, 0.25) is 0 Å². The highest BCUT2D eigenvalue weighted by atomic mass is 35.5. The topological polar surface area (TPSA) is 26.3 Å². The Balaban J connectivity index is 0.00000162. The van der Waals surface area contributed by atoms with Crippen LogP contribution < -0.4 is 4.74 Å². The molecule has 0 atom stereocenters. The van der Waals surface area contributed by atoms with Crippen LogP contribution in [0, 0.1) is 0 Å². The van der Waals surface area contributed by atoms with Crippen molar-refractivity contribution in [2.45, 2.75) is 14.4 Å². The molecule has 0 aromatic heterocycles. The predicted octanol–water partition coefficient (Wildman–Crippen LogP) is 4.97. The van der Waals surface area contributed by atoms with E-state index in [0.717, 1.165) is 0 Å². The van der Waals surface area contributed by atoms with E-state index in [0.29, 0.717) is 22.1 Å². The summed E-state index contributed by atoms with van der Waals surface area (Å²) in [4.78, 5) is 11.1. The van der Waals surface area contributed by atoms with Crippen LogP contribution in [0.1, 0.15) is 24.7 Å². The number of ketones is 1. The molecule has 0 radical (unpaired) electrons. The Labute approximate surface area is 112 Å². The van der Waals surface area contributed by atoms with Crippen molar-refractivity contribution >= 4 is 17.4 Å². The molecule has 0 heterocycles. The summed E-state index contributed by atoms with van der Waals surface area (Å²) in [5.41, 5.74) is 0.663. The van der Waals surface area contributed by atoms with E-state index in [2.05, 4.69) is 0 Å². The second-order valence-corrected chi connectivity index (χ2v) is 4.02. The first kappa shape index (κ1) is 14.3. The fourth-order valence-electron chi connectivity index (χ4n) is 1.41. The molecule has 0 bridgehead atoms. The molecule has 0 saturated heterocycles. The van der Waals surface area contributed by atoms with Crippen molar-refractivity contribution in [1.82, 2.24) is 0 Å². The summed E-state index contributed by atoms with van der Waals surface area (Å²) in [5.74, 6) is 1.29. The largest absolute Gasteiger partial charge is 0.456 e. The molecule has 0 unspecified atom stereocenters. The molecular formula is C15H15ClO2. The van der Waals surface area contributed by atoms with Gasteiger partial charge in [-0.15, -0.1) is 0 Å². The third kappa shape index (κ3) is 3.34. The molecule has 18 heavy (non-hydrogen) atoms. The third-order valence-electron chi connectivity index (χ3n) is 2.33. The molecule has 0 aliphatic rings. The summed E-state index contributed by atoms with van der Waals surface area (Å²) >= 11 is 5.98. The molecule has 94 valence electrons. The summed E-state index contributed by atoms with van der Waals surface area (Å²) < 4.78 is 5.60. The van der Waals surface area contributed by atoms with Crippen LogP contribution in [0.15, 0.2) is 48.5 Å². The van der Waals surface area contributed by atoms with E-state index in [1.165, 1.54) is 6.92 Å². The van der Waals surface area contributed by atoms with Gasteiger partial charge < -0.3 is 4.74 Å². The minimum absolute atomic E-state index is 0. The Morgan fingerprint density at radius 2 is 1.67 bits per heavy atom. The summed E-state index contributed by atoms with van der Waals surface area (Å²) in [6.07, 6.45) is 0. The standard InChI is InChI=1S/C14H11ClO2.CH4/c1-10(16)11-6-8-12(9-7-11)17-14-5-3-2-4-13(14)15;/h2-9H,1H3;1H4. The van der Waals surface area contributed by atoms with E-state index < -0.39 is 0 Å². The summed E-state index contributed by atoms with van der Waals surface area (Å²) in [6.45, 7) is 1.53. The van der Waals surface area contributed by atoms with Crippen LogP contribution in [0.5, 0.6) is 11.5 Å². The van der Waals surface area contributed by atoms with Crippen LogP contribution in [-0.2, 0) is 0 Å². The van der Waals surface area contributed by atoms with Gasteiger partial charge in [-0.25, -0.2) is 0 Å². The van der Waals surface area contributed by atoms with Crippen molar-refractivity contribution < 1.29 is 9.53 Å². The summed E-state index contributed by atoms with van der Waals surface area (Å²) in [5, 5.41) is 0.558. The lowest BCUT2D eigenvalue weighted by atomic mass is 10.1. The lowest BCUT2D eigenvalue weighted by molar-refractivity contribution is 0.101. The van der Waals surface area contributed by atoms with E-state index in [1.54, 1.807) is 36.4 Å². The molecule has 0 amide bonds. The Kier molecular flexibility index (Phi) is 4.93. The molecule has 2 nitrogen and oxygen atoms in total. The predicted molar refractivity (Wildman–Crippen MR) is 74.7 cm³/mol. The third-order valence-corrected chi connectivity index (χ3v) is 2.64. The first-order valence-corrected chi connectivity index (χ1v) is 5.58. The van der Waals surface area contributed by atoms with Gasteiger partial charge in [-0.2, -0.15) is 0 Å². The molecule has 0 spiro atoms. The zero-order valence-electron chi connectivity index (χ0n) is 9.31. The van der Waals surface area contributed by atoms with E-state index in [9.17, 15) is 4.79 Å². The molecule has 0 aliphatic carbocycles. The first-order chi connectivity index (χ1) is 8.16. The van der Waals surface area contributed by atoms with Crippen LogP contribution in [-0.4, -0.2) is 5.78 Å². The van der Waals surface area contributed by atoms with Crippen molar-refractivity contribution in [3.8, 4) is 11.5 Å². The van der Waals surface area contributed by atoms with Gasteiger partial charge in [0, 0.05) is 5.56 Å². The van der Waals surface area contributed by atoms with Crippen LogP contribution in [0.3, 0.4) is 0 Å². The summed E-state index contributed by atoms with van der Waals surface area (Å²) in [6, 6.07) is 14.2. The second-order valence-electron chi connectivity index (χ2n) is 3.61. The Morgan fingerprint density at radius 1 is 1.06 bits per heavy atom. The number of hydrogen-bond donors (Lipinski definition) is 0.